The molecule has 0 bridgehead atoms. The summed E-state index contributed by atoms with van der Waals surface area (Å²) in [6.07, 6.45) is 0.363. The molecule has 0 aliphatic rings. The Bertz CT molecular complexity index is 403. The first-order valence-electron chi connectivity index (χ1n) is 5.03. The maximum Gasteiger partial charge on any atom is 0.313 e. The third-order valence-corrected chi connectivity index (χ3v) is 2.94. The van der Waals surface area contributed by atoms with Gasteiger partial charge in [-0.2, -0.15) is 0 Å². The topological polar surface area (TPSA) is 46.5 Å². The summed E-state index contributed by atoms with van der Waals surface area (Å²) in [6.45, 7) is 3.31. The molecule has 1 unspecified atom stereocenters. The fourth-order valence-electron chi connectivity index (χ4n) is 1.57. The summed E-state index contributed by atoms with van der Waals surface area (Å²) in [5, 5.41) is 9.22. The van der Waals surface area contributed by atoms with Crippen LogP contribution in [0.5, 0.6) is 5.75 Å². The summed E-state index contributed by atoms with van der Waals surface area (Å²) in [5.41, 5.74) is -0.766. The predicted molar refractivity (Wildman–Crippen MR) is 58.2 cm³/mol. The van der Waals surface area contributed by atoms with Crippen molar-refractivity contribution in [3.05, 3.63) is 29.6 Å². The van der Waals surface area contributed by atoms with E-state index in [9.17, 15) is 14.3 Å². The first-order chi connectivity index (χ1) is 7.45. The van der Waals surface area contributed by atoms with Gasteiger partial charge in [0.1, 0.15) is 11.6 Å². The van der Waals surface area contributed by atoms with Crippen molar-refractivity contribution in [2.24, 2.45) is 0 Å². The normalized spacial score (nSPS) is 14.2. The fraction of sp³-hybridized carbons (Fsp3) is 0.417. The second kappa shape index (κ2) is 4.51. The van der Waals surface area contributed by atoms with Crippen molar-refractivity contribution in [3.63, 3.8) is 0 Å². The number of hydrogen-bond donors (Lipinski definition) is 1. The molecule has 0 aliphatic heterocycles. The van der Waals surface area contributed by atoms with Gasteiger partial charge in [-0.15, -0.1) is 0 Å². The lowest BCUT2D eigenvalue weighted by Gasteiger charge is -2.25. The molecule has 16 heavy (non-hydrogen) atoms. The molecular formula is C12H15FO3. The zero-order chi connectivity index (χ0) is 12.3. The first-order valence-corrected chi connectivity index (χ1v) is 5.03. The van der Waals surface area contributed by atoms with Crippen molar-refractivity contribution in [1.82, 2.24) is 0 Å². The number of ether oxygens (including phenoxy) is 1. The number of aliphatic carboxylic acids is 1. The highest BCUT2D eigenvalue weighted by molar-refractivity contribution is 5.81. The highest BCUT2D eigenvalue weighted by atomic mass is 19.1. The Hall–Kier alpha value is -1.58. The minimum atomic E-state index is -1.13. The van der Waals surface area contributed by atoms with E-state index in [4.69, 9.17) is 4.74 Å². The molecule has 0 aromatic heterocycles. The summed E-state index contributed by atoms with van der Waals surface area (Å²) >= 11 is 0. The molecule has 0 aliphatic carbocycles. The molecule has 0 saturated carbocycles. The van der Waals surface area contributed by atoms with E-state index in [-0.39, 0.29) is 0 Å². The number of rotatable bonds is 4. The third-order valence-electron chi connectivity index (χ3n) is 2.94. The van der Waals surface area contributed by atoms with E-state index in [2.05, 4.69) is 0 Å². The Morgan fingerprint density at radius 3 is 2.62 bits per heavy atom. The van der Waals surface area contributed by atoms with Gasteiger partial charge in [0.15, 0.2) is 0 Å². The van der Waals surface area contributed by atoms with Crippen LogP contribution >= 0.6 is 0 Å². The van der Waals surface area contributed by atoms with Gasteiger partial charge in [0.05, 0.1) is 12.5 Å². The van der Waals surface area contributed by atoms with Gasteiger partial charge in [0.2, 0.25) is 0 Å². The lowest BCUT2D eigenvalue weighted by atomic mass is 9.79. The summed E-state index contributed by atoms with van der Waals surface area (Å²) in [6, 6.07) is 3.91. The predicted octanol–water partition coefficient (Wildman–Crippen LogP) is 2.59. The molecule has 0 radical (unpaired) electrons. The SMILES string of the molecule is CCC(C)(C(=O)O)c1cc(F)ccc1OC. The van der Waals surface area contributed by atoms with Crippen LogP contribution in [0.3, 0.4) is 0 Å². The van der Waals surface area contributed by atoms with Crippen molar-refractivity contribution < 1.29 is 19.0 Å². The second-order valence-electron chi connectivity index (χ2n) is 3.84. The first kappa shape index (κ1) is 12.5. The molecule has 0 fully saturated rings. The lowest BCUT2D eigenvalue weighted by Crippen LogP contribution is -2.32. The molecule has 0 amide bonds. The van der Waals surface area contributed by atoms with E-state index in [1.807, 2.05) is 0 Å². The van der Waals surface area contributed by atoms with E-state index in [0.29, 0.717) is 17.7 Å². The molecule has 3 nitrogen and oxygen atoms in total. The quantitative estimate of drug-likeness (QED) is 0.858. The van der Waals surface area contributed by atoms with Crippen LogP contribution in [0, 0.1) is 5.82 Å². The van der Waals surface area contributed by atoms with Crippen molar-refractivity contribution in [2.75, 3.05) is 7.11 Å². The average Bonchev–Trinajstić information content (AvgIpc) is 2.27. The Morgan fingerprint density at radius 2 is 2.19 bits per heavy atom. The fourth-order valence-corrected chi connectivity index (χ4v) is 1.57. The highest BCUT2D eigenvalue weighted by Gasteiger charge is 2.36. The summed E-state index contributed by atoms with van der Waals surface area (Å²) in [7, 11) is 1.44. The highest BCUT2D eigenvalue weighted by Crippen LogP contribution is 2.35. The monoisotopic (exact) mass is 226 g/mol. The molecule has 1 rings (SSSR count). The third kappa shape index (κ3) is 2.01. The molecule has 1 atom stereocenters. The van der Waals surface area contributed by atoms with Gasteiger partial charge < -0.3 is 9.84 Å². The van der Waals surface area contributed by atoms with Crippen LogP contribution in [0.4, 0.5) is 4.39 Å². The van der Waals surface area contributed by atoms with Gasteiger partial charge in [0, 0.05) is 5.56 Å². The maximum absolute atomic E-state index is 13.2. The number of hydrogen-bond acceptors (Lipinski definition) is 2. The van der Waals surface area contributed by atoms with E-state index >= 15 is 0 Å². The molecule has 0 spiro atoms. The number of carbonyl (C=O) groups is 1. The number of methoxy groups -OCH3 is 1. The van der Waals surface area contributed by atoms with Gasteiger partial charge in [0.25, 0.3) is 0 Å². The van der Waals surface area contributed by atoms with Crippen LogP contribution in [-0.2, 0) is 10.2 Å². The van der Waals surface area contributed by atoms with Crippen LogP contribution in [0.25, 0.3) is 0 Å². The number of benzene rings is 1. The smallest absolute Gasteiger partial charge is 0.313 e. The van der Waals surface area contributed by atoms with Gasteiger partial charge >= 0.3 is 5.97 Å². The van der Waals surface area contributed by atoms with Crippen molar-refractivity contribution in [2.45, 2.75) is 25.7 Å². The van der Waals surface area contributed by atoms with Gasteiger partial charge in [-0.05, 0) is 31.5 Å². The Kier molecular flexibility index (Phi) is 3.52. The van der Waals surface area contributed by atoms with Gasteiger partial charge in [-0.1, -0.05) is 6.92 Å². The van der Waals surface area contributed by atoms with E-state index in [1.54, 1.807) is 13.8 Å². The van der Waals surface area contributed by atoms with Crippen molar-refractivity contribution in [3.8, 4) is 5.75 Å². The zero-order valence-electron chi connectivity index (χ0n) is 9.58. The van der Waals surface area contributed by atoms with Crippen LogP contribution in [-0.4, -0.2) is 18.2 Å². The van der Waals surface area contributed by atoms with Crippen LogP contribution in [0.1, 0.15) is 25.8 Å². The van der Waals surface area contributed by atoms with Crippen LogP contribution in [0.15, 0.2) is 18.2 Å². The Morgan fingerprint density at radius 1 is 1.56 bits per heavy atom. The van der Waals surface area contributed by atoms with E-state index < -0.39 is 17.2 Å². The number of halogens is 1. The minimum absolute atomic E-state index is 0.363. The molecule has 1 aromatic carbocycles. The summed E-state index contributed by atoms with van der Waals surface area (Å²) in [5.74, 6) is -1.05. The lowest BCUT2D eigenvalue weighted by molar-refractivity contribution is -0.143. The molecule has 0 saturated heterocycles. The largest absolute Gasteiger partial charge is 0.496 e. The standard InChI is InChI=1S/C12H15FO3/c1-4-12(2,11(14)15)9-7-8(13)5-6-10(9)16-3/h5-7H,4H2,1-3H3,(H,14,15). The average molecular weight is 226 g/mol. The summed E-state index contributed by atoms with van der Waals surface area (Å²) in [4.78, 5) is 11.3. The Balaban J connectivity index is 3.39. The summed E-state index contributed by atoms with van der Waals surface area (Å²) < 4.78 is 18.2. The van der Waals surface area contributed by atoms with Crippen LogP contribution in [0.2, 0.25) is 0 Å². The van der Waals surface area contributed by atoms with Gasteiger partial charge in [-0.3, -0.25) is 4.79 Å². The van der Waals surface area contributed by atoms with E-state index in [1.165, 1.54) is 25.3 Å². The van der Waals surface area contributed by atoms with Crippen molar-refractivity contribution in [1.29, 1.82) is 0 Å². The van der Waals surface area contributed by atoms with Gasteiger partial charge in [-0.25, -0.2) is 4.39 Å². The molecule has 1 aromatic rings. The molecule has 0 heterocycles. The van der Waals surface area contributed by atoms with E-state index in [0.717, 1.165) is 0 Å². The minimum Gasteiger partial charge on any atom is -0.496 e. The number of carboxylic acids is 1. The zero-order valence-corrected chi connectivity index (χ0v) is 9.58. The molecule has 4 heteroatoms. The molecule has 1 N–H and O–H groups in total. The maximum atomic E-state index is 13.2. The molecule has 88 valence electrons. The van der Waals surface area contributed by atoms with Crippen molar-refractivity contribution >= 4 is 5.97 Å². The number of carboxylic acid groups (broad SMARTS) is 1. The second-order valence-corrected chi connectivity index (χ2v) is 3.84. The van der Waals surface area contributed by atoms with Crippen LogP contribution < -0.4 is 4.74 Å². The molecular weight excluding hydrogens is 211 g/mol. The Labute approximate surface area is 93.9 Å².